The maximum Gasteiger partial charge on any atom is 0.203 e. The SMILES string of the molecule is COc1cc(/C=N/Nc2ccnc3cc(Cl)ccc23)cc(OC)c1OC. The van der Waals surface area contributed by atoms with Gasteiger partial charge in [0.1, 0.15) is 0 Å². The smallest absolute Gasteiger partial charge is 0.203 e. The lowest BCUT2D eigenvalue weighted by Gasteiger charge is -2.12. The molecule has 1 heterocycles. The van der Waals surface area contributed by atoms with E-state index < -0.39 is 0 Å². The Morgan fingerprint density at radius 3 is 2.38 bits per heavy atom. The van der Waals surface area contributed by atoms with Crippen molar-refractivity contribution < 1.29 is 14.2 Å². The summed E-state index contributed by atoms with van der Waals surface area (Å²) < 4.78 is 16.0. The van der Waals surface area contributed by atoms with Crippen molar-refractivity contribution in [2.24, 2.45) is 5.10 Å². The van der Waals surface area contributed by atoms with Gasteiger partial charge in [0.25, 0.3) is 0 Å². The first-order valence-electron chi connectivity index (χ1n) is 7.79. The average molecular weight is 372 g/mol. The summed E-state index contributed by atoms with van der Waals surface area (Å²) in [6.45, 7) is 0. The second kappa shape index (κ2) is 7.93. The third-order valence-electron chi connectivity index (χ3n) is 3.79. The molecule has 0 aliphatic rings. The number of nitrogens with zero attached hydrogens (tertiary/aromatic N) is 2. The summed E-state index contributed by atoms with van der Waals surface area (Å²) in [6.07, 6.45) is 3.38. The molecule has 1 N–H and O–H groups in total. The van der Waals surface area contributed by atoms with Gasteiger partial charge in [0.2, 0.25) is 5.75 Å². The van der Waals surface area contributed by atoms with E-state index >= 15 is 0 Å². The highest BCUT2D eigenvalue weighted by Gasteiger charge is 2.12. The van der Waals surface area contributed by atoms with E-state index in [4.69, 9.17) is 25.8 Å². The molecule has 0 atom stereocenters. The van der Waals surface area contributed by atoms with Gasteiger partial charge >= 0.3 is 0 Å². The van der Waals surface area contributed by atoms with Gasteiger partial charge in [0.05, 0.1) is 38.7 Å². The van der Waals surface area contributed by atoms with E-state index in [-0.39, 0.29) is 0 Å². The molecule has 0 saturated heterocycles. The van der Waals surface area contributed by atoms with Crippen LogP contribution in [-0.4, -0.2) is 32.5 Å². The highest BCUT2D eigenvalue weighted by molar-refractivity contribution is 6.31. The number of nitrogens with one attached hydrogen (secondary N) is 1. The van der Waals surface area contributed by atoms with Crippen LogP contribution in [-0.2, 0) is 0 Å². The van der Waals surface area contributed by atoms with Crippen molar-refractivity contribution in [3.8, 4) is 17.2 Å². The first-order valence-corrected chi connectivity index (χ1v) is 8.17. The van der Waals surface area contributed by atoms with Crippen LogP contribution in [0.4, 0.5) is 5.69 Å². The Morgan fingerprint density at radius 2 is 1.73 bits per heavy atom. The maximum absolute atomic E-state index is 6.01. The van der Waals surface area contributed by atoms with E-state index in [1.807, 2.05) is 36.4 Å². The minimum absolute atomic E-state index is 0.539. The van der Waals surface area contributed by atoms with E-state index in [2.05, 4.69) is 15.5 Å². The molecule has 0 aliphatic carbocycles. The molecule has 134 valence electrons. The number of halogens is 1. The van der Waals surface area contributed by atoms with E-state index in [1.54, 1.807) is 33.7 Å². The number of hydrazone groups is 1. The molecule has 0 fully saturated rings. The summed E-state index contributed by atoms with van der Waals surface area (Å²) in [6, 6.07) is 11.0. The standard InChI is InChI=1S/C19H18ClN3O3/c1-24-17-8-12(9-18(25-2)19(17)26-3)11-22-23-15-6-7-21-16-10-13(20)4-5-14(15)16/h4-11H,1-3H3,(H,21,23)/b22-11+. The lowest BCUT2D eigenvalue weighted by Crippen LogP contribution is -1.98. The van der Waals surface area contributed by atoms with Crippen molar-refractivity contribution in [1.82, 2.24) is 4.98 Å². The number of hydrogen-bond acceptors (Lipinski definition) is 6. The number of pyridine rings is 1. The van der Waals surface area contributed by atoms with Crippen LogP contribution >= 0.6 is 11.6 Å². The molecule has 6 nitrogen and oxygen atoms in total. The van der Waals surface area contributed by atoms with Crippen molar-refractivity contribution in [2.45, 2.75) is 0 Å². The fourth-order valence-corrected chi connectivity index (χ4v) is 2.74. The van der Waals surface area contributed by atoms with Gasteiger partial charge in [-0.3, -0.25) is 10.4 Å². The Morgan fingerprint density at radius 1 is 1.00 bits per heavy atom. The van der Waals surface area contributed by atoms with Crippen molar-refractivity contribution in [2.75, 3.05) is 26.8 Å². The van der Waals surface area contributed by atoms with Gasteiger partial charge in [-0.2, -0.15) is 5.10 Å². The van der Waals surface area contributed by atoms with Crippen LogP contribution in [0.25, 0.3) is 10.9 Å². The number of ether oxygens (including phenoxy) is 3. The molecular weight excluding hydrogens is 354 g/mol. The Balaban J connectivity index is 1.87. The first-order chi connectivity index (χ1) is 12.7. The van der Waals surface area contributed by atoms with Crippen molar-refractivity contribution in [1.29, 1.82) is 0 Å². The molecule has 0 unspecified atom stereocenters. The molecular formula is C19H18ClN3O3. The minimum atomic E-state index is 0.539. The molecule has 0 spiro atoms. The monoisotopic (exact) mass is 371 g/mol. The predicted molar refractivity (Wildman–Crippen MR) is 104 cm³/mol. The average Bonchev–Trinajstić information content (AvgIpc) is 2.66. The molecule has 3 aromatic rings. The molecule has 0 bridgehead atoms. The third-order valence-corrected chi connectivity index (χ3v) is 4.03. The highest BCUT2D eigenvalue weighted by atomic mass is 35.5. The molecule has 7 heteroatoms. The number of hydrogen-bond donors (Lipinski definition) is 1. The van der Waals surface area contributed by atoms with Gasteiger partial charge in [-0.25, -0.2) is 0 Å². The summed E-state index contributed by atoms with van der Waals surface area (Å²) in [5.41, 5.74) is 5.46. The van der Waals surface area contributed by atoms with Gasteiger partial charge in [-0.05, 0) is 36.4 Å². The van der Waals surface area contributed by atoms with Crippen LogP contribution in [0.2, 0.25) is 5.02 Å². The lowest BCUT2D eigenvalue weighted by atomic mass is 10.2. The Kier molecular flexibility index (Phi) is 5.43. The van der Waals surface area contributed by atoms with Gasteiger partial charge in [-0.15, -0.1) is 0 Å². The zero-order valence-corrected chi connectivity index (χ0v) is 15.4. The van der Waals surface area contributed by atoms with E-state index in [0.29, 0.717) is 22.3 Å². The third kappa shape index (κ3) is 3.65. The van der Waals surface area contributed by atoms with Crippen molar-refractivity contribution in [3.63, 3.8) is 0 Å². The number of fused-ring (bicyclic) bond motifs is 1. The Bertz CT molecular complexity index is 935. The number of benzene rings is 2. The first kappa shape index (κ1) is 17.8. The van der Waals surface area contributed by atoms with Crippen LogP contribution in [0.15, 0.2) is 47.7 Å². The zero-order chi connectivity index (χ0) is 18.5. The molecule has 0 radical (unpaired) electrons. The second-order valence-electron chi connectivity index (χ2n) is 5.35. The van der Waals surface area contributed by atoms with Crippen molar-refractivity contribution >= 4 is 34.4 Å². The summed E-state index contributed by atoms with van der Waals surface area (Å²) in [7, 11) is 4.71. The molecule has 0 saturated carbocycles. The van der Waals surface area contributed by atoms with Crippen LogP contribution in [0.3, 0.4) is 0 Å². The number of aromatic nitrogens is 1. The molecule has 2 aromatic carbocycles. The fraction of sp³-hybridized carbons (Fsp3) is 0.158. The quantitative estimate of drug-likeness (QED) is 0.515. The topological polar surface area (TPSA) is 65.0 Å². The summed E-state index contributed by atoms with van der Waals surface area (Å²) >= 11 is 6.01. The summed E-state index contributed by atoms with van der Waals surface area (Å²) in [5.74, 6) is 1.67. The molecule has 0 amide bonds. The molecule has 0 aliphatic heterocycles. The Hall–Kier alpha value is -2.99. The normalized spacial score (nSPS) is 10.9. The minimum Gasteiger partial charge on any atom is -0.493 e. The number of rotatable bonds is 6. The predicted octanol–water partition coefficient (Wildman–Crippen LogP) is 4.36. The van der Waals surface area contributed by atoms with E-state index in [9.17, 15) is 0 Å². The van der Waals surface area contributed by atoms with Gasteiger partial charge in [-0.1, -0.05) is 11.6 Å². The summed E-state index contributed by atoms with van der Waals surface area (Å²) in [4.78, 5) is 4.31. The molecule has 1 aromatic heterocycles. The van der Waals surface area contributed by atoms with Crippen LogP contribution in [0, 0.1) is 0 Å². The Labute approximate surface area is 156 Å². The molecule has 26 heavy (non-hydrogen) atoms. The van der Waals surface area contributed by atoms with Crippen LogP contribution < -0.4 is 19.6 Å². The van der Waals surface area contributed by atoms with Gasteiger partial charge in [0, 0.05) is 22.2 Å². The van der Waals surface area contributed by atoms with Crippen molar-refractivity contribution in [3.05, 3.63) is 53.2 Å². The largest absolute Gasteiger partial charge is 0.493 e. The number of anilines is 1. The van der Waals surface area contributed by atoms with Crippen LogP contribution in [0.5, 0.6) is 17.2 Å². The van der Waals surface area contributed by atoms with Crippen LogP contribution in [0.1, 0.15) is 5.56 Å². The van der Waals surface area contributed by atoms with E-state index in [1.165, 1.54) is 0 Å². The second-order valence-corrected chi connectivity index (χ2v) is 5.79. The highest BCUT2D eigenvalue weighted by Crippen LogP contribution is 2.37. The fourth-order valence-electron chi connectivity index (χ4n) is 2.57. The van der Waals surface area contributed by atoms with Gasteiger partial charge < -0.3 is 14.2 Å². The number of methoxy groups -OCH3 is 3. The zero-order valence-electron chi connectivity index (χ0n) is 14.6. The van der Waals surface area contributed by atoms with E-state index in [0.717, 1.165) is 22.2 Å². The van der Waals surface area contributed by atoms with Gasteiger partial charge in [0.15, 0.2) is 11.5 Å². The maximum atomic E-state index is 6.01. The lowest BCUT2D eigenvalue weighted by molar-refractivity contribution is 0.324. The summed E-state index contributed by atoms with van der Waals surface area (Å²) in [5, 5.41) is 5.87. The molecule has 3 rings (SSSR count).